The van der Waals surface area contributed by atoms with Crippen molar-refractivity contribution in [2.45, 2.75) is 25.0 Å². The summed E-state index contributed by atoms with van der Waals surface area (Å²) in [6.45, 7) is 0.646. The molecule has 126 valence electrons. The summed E-state index contributed by atoms with van der Waals surface area (Å²) in [6, 6.07) is 16.7. The van der Waals surface area contributed by atoms with Crippen molar-refractivity contribution in [3.05, 3.63) is 70.8 Å². The summed E-state index contributed by atoms with van der Waals surface area (Å²) in [5.74, 6) is 0. The molecule has 4 heteroatoms. The standard InChI is InChI=1S/C20H24N2O2/c1-22(2)12-6-11-20(24,18-7-4-3-5-8-18)19-10-9-16(14-21)13-17(19)15-23/h3-5,7-10,13,23-24H,6,11-12,15H2,1-2H3. The third kappa shape index (κ3) is 4.01. The van der Waals surface area contributed by atoms with Crippen LogP contribution in [-0.2, 0) is 12.2 Å². The molecule has 4 nitrogen and oxygen atoms in total. The second kappa shape index (κ2) is 8.07. The van der Waals surface area contributed by atoms with E-state index in [1.807, 2.05) is 44.4 Å². The van der Waals surface area contributed by atoms with Crippen molar-refractivity contribution in [1.82, 2.24) is 4.90 Å². The number of aliphatic hydroxyl groups is 2. The zero-order valence-electron chi connectivity index (χ0n) is 14.2. The van der Waals surface area contributed by atoms with Crippen LogP contribution in [0.15, 0.2) is 48.5 Å². The van der Waals surface area contributed by atoms with Crippen molar-refractivity contribution in [1.29, 1.82) is 5.26 Å². The van der Waals surface area contributed by atoms with Crippen molar-refractivity contribution < 1.29 is 10.2 Å². The van der Waals surface area contributed by atoms with Crippen molar-refractivity contribution in [2.75, 3.05) is 20.6 Å². The minimum Gasteiger partial charge on any atom is -0.392 e. The topological polar surface area (TPSA) is 67.5 Å². The Bertz CT molecular complexity index is 707. The van der Waals surface area contributed by atoms with Crippen LogP contribution in [0.1, 0.15) is 35.1 Å². The molecule has 0 fully saturated rings. The van der Waals surface area contributed by atoms with Crippen LogP contribution < -0.4 is 0 Å². The Morgan fingerprint density at radius 2 is 1.83 bits per heavy atom. The molecule has 2 N–H and O–H groups in total. The third-order valence-electron chi connectivity index (χ3n) is 4.25. The van der Waals surface area contributed by atoms with E-state index >= 15 is 0 Å². The summed E-state index contributed by atoms with van der Waals surface area (Å²) in [5, 5.41) is 30.3. The molecule has 0 aliphatic heterocycles. The Morgan fingerprint density at radius 3 is 2.42 bits per heavy atom. The first-order chi connectivity index (χ1) is 11.5. The van der Waals surface area contributed by atoms with Crippen molar-refractivity contribution in [2.24, 2.45) is 0 Å². The molecule has 0 radical (unpaired) electrons. The van der Waals surface area contributed by atoms with Gasteiger partial charge in [0.1, 0.15) is 5.60 Å². The lowest BCUT2D eigenvalue weighted by Crippen LogP contribution is -2.30. The monoisotopic (exact) mass is 324 g/mol. The fraction of sp³-hybridized carbons (Fsp3) is 0.350. The molecule has 0 bridgehead atoms. The first kappa shape index (κ1) is 18.2. The zero-order valence-corrected chi connectivity index (χ0v) is 14.2. The van der Waals surface area contributed by atoms with Gasteiger partial charge in [0.2, 0.25) is 0 Å². The van der Waals surface area contributed by atoms with Crippen molar-refractivity contribution in [3.63, 3.8) is 0 Å². The molecule has 2 aromatic rings. The van der Waals surface area contributed by atoms with Crippen LogP contribution in [0.25, 0.3) is 0 Å². The molecule has 0 aliphatic rings. The molecule has 0 aliphatic carbocycles. The number of aliphatic hydroxyl groups excluding tert-OH is 1. The molecular weight excluding hydrogens is 300 g/mol. The van der Waals surface area contributed by atoms with Gasteiger partial charge in [-0.3, -0.25) is 0 Å². The van der Waals surface area contributed by atoms with Gasteiger partial charge in [-0.25, -0.2) is 0 Å². The molecule has 2 aromatic carbocycles. The van der Waals surface area contributed by atoms with Crippen molar-refractivity contribution >= 4 is 0 Å². The third-order valence-corrected chi connectivity index (χ3v) is 4.25. The van der Waals surface area contributed by atoms with E-state index in [0.29, 0.717) is 23.1 Å². The van der Waals surface area contributed by atoms with Crippen LogP contribution in [-0.4, -0.2) is 35.8 Å². The highest BCUT2D eigenvalue weighted by Crippen LogP contribution is 2.36. The number of nitrogens with zero attached hydrogens (tertiary/aromatic N) is 2. The first-order valence-corrected chi connectivity index (χ1v) is 8.08. The van der Waals surface area contributed by atoms with E-state index in [0.717, 1.165) is 18.5 Å². The number of nitriles is 1. The minimum absolute atomic E-state index is 0.215. The molecule has 0 spiro atoms. The fourth-order valence-electron chi connectivity index (χ4n) is 3.00. The summed E-state index contributed by atoms with van der Waals surface area (Å²) in [4.78, 5) is 2.08. The molecule has 2 rings (SSSR count). The van der Waals surface area contributed by atoms with E-state index in [4.69, 9.17) is 5.26 Å². The van der Waals surface area contributed by atoms with E-state index in [1.54, 1.807) is 18.2 Å². The fourth-order valence-corrected chi connectivity index (χ4v) is 3.00. The number of benzene rings is 2. The lowest BCUT2D eigenvalue weighted by atomic mass is 9.80. The number of hydrogen-bond acceptors (Lipinski definition) is 4. The maximum absolute atomic E-state index is 11.5. The summed E-state index contributed by atoms with van der Waals surface area (Å²) in [5.41, 5.74) is 1.33. The largest absolute Gasteiger partial charge is 0.392 e. The van der Waals surface area contributed by atoms with E-state index in [-0.39, 0.29) is 6.61 Å². The molecule has 0 aromatic heterocycles. The van der Waals surface area contributed by atoms with Gasteiger partial charge >= 0.3 is 0 Å². The number of rotatable bonds is 7. The molecule has 1 unspecified atom stereocenters. The van der Waals surface area contributed by atoms with Gasteiger partial charge in [-0.05, 0) is 62.3 Å². The van der Waals surface area contributed by atoms with Gasteiger partial charge in [0.15, 0.2) is 0 Å². The number of hydrogen-bond donors (Lipinski definition) is 2. The van der Waals surface area contributed by atoms with Gasteiger partial charge < -0.3 is 15.1 Å². The van der Waals surface area contributed by atoms with E-state index in [1.165, 1.54) is 0 Å². The lowest BCUT2D eigenvalue weighted by Gasteiger charge is -2.32. The lowest BCUT2D eigenvalue weighted by molar-refractivity contribution is 0.0641. The quantitative estimate of drug-likeness (QED) is 0.821. The van der Waals surface area contributed by atoms with Crippen LogP contribution in [0, 0.1) is 11.3 Å². The van der Waals surface area contributed by atoms with Gasteiger partial charge in [0.25, 0.3) is 0 Å². The molecule has 24 heavy (non-hydrogen) atoms. The first-order valence-electron chi connectivity index (χ1n) is 8.08. The summed E-state index contributed by atoms with van der Waals surface area (Å²) in [6.07, 6.45) is 1.34. The average Bonchev–Trinajstić information content (AvgIpc) is 2.61. The van der Waals surface area contributed by atoms with Crippen LogP contribution >= 0.6 is 0 Å². The van der Waals surface area contributed by atoms with Crippen LogP contribution in [0.3, 0.4) is 0 Å². The van der Waals surface area contributed by atoms with Crippen LogP contribution in [0.2, 0.25) is 0 Å². The highest BCUT2D eigenvalue weighted by Gasteiger charge is 2.33. The molecule has 0 amide bonds. The van der Waals surface area contributed by atoms with Crippen LogP contribution in [0.4, 0.5) is 0 Å². The Kier molecular flexibility index (Phi) is 6.10. The maximum atomic E-state index is 11.5. The minimum atomic E-state index is -1.19. The molecule has 0 saturated carbocycles. The molecule has 1 atom stereocenters. The van der Waals surface area contributed by atoms with Gasteiger partial charge in [-0.1, -0.05) is 36.4 Å². The average molecular weight is 324 g/mol. The smallest absolute Gasteiger partial charge is 0.115 e. The second-order valence-corrected chi connectivity index (χ2v) is 6.27. The molecule has 0 heterocycles. The van der Waals surface area contributed by atoms with Crippen LogP contribution in [0.5, 0.6) is 0 Å². The van der Waals surface area contributed by atoms with Gasteiger partial charge in [0, 0.05) is 0 Å². The predicted octanol–water partition coefficient (Wildman–Crippen LogP) is 2.63. The van der Waals surface area contributed by atoms with Gasteiger partial charge in [-0.15, -0.1) is 0 Å². The highest BCUT2D eigenvalue weighted by molar-refractivity contribution is 5.45. The zero-order chi connectivity index (χ0) is 17.6. The maximum Gasteiger partial charge on any atom is 0.115 e. The van der Waals surface area contributed by atoms with Gasteiger partial charge in [0.05, 0.1) is 18.2 Å². The molecule has 0 saturated heterocycles. The van der Waals surface area contributed by atoms with E-state index < -0.39 is 5.60 Å². The molecular formula is C20H24N2O2. The highest BCUT2D eigenvalue weighted by atomic mass is 16.3. The normalized spacial score (nSPS) is 13.5. The SMILES string of the molecule is CN(C)CCCC(O)(c1ccccc1)c1ccc(C#N)cc1CO. The Morgan fingerprint density at radius 1 is 1.12 bits per heavy atom. The predicted molar refractivity (Wildman–Crippen MR) is 94.3 cm³/mol. The van der Waals surface area contributed by atoms with E-state index in [9.17, 15) is 10.2 Å². The summed E-state index contributed by atoms with van der Waals surface area (Å²) in [7, 11) is 4.00. The summed E-state index contributed by atoms with van der Waals surface area (Å²) >= 11 is 0. The Hall–Kier alpha value is -2.19. The second-order valence-electron chi connectivity index (χ2n) is 6.27. The van der Waals surface area contributed by atoms with E-state index in [2.05, 4.69) is 11.0 Å². The Labute approximate surface area is 143 Å². The van der Waals surface area contributed by atoms with Crippen molar-refractivity contribution in [3.8, 4) is 6.07 Å². The summed E-state index contributed by atoms with van der Waals surface area (Å²) < 4.78 is 0. The Balaban J connectivity index is 2.48. The van der Waals surface area contributed by atoms with Gasteiger partial charge in [-0.2, -0.15) is 5.26 Å².